The van der Waals surface area contributed by atoms with Gasteiger partial charge in [-0.15, -0.1) is 0 Å². The summed E-state index contributed by atoms with van der Waals surface area (Å²) in [5, 5.41) is 9.25. The van der Waals surface area contributed by atoms with Gasteiger partial charge in [0.15, 0.2) is 0 Å². The number of esters is 1. The fourth-order valence-corrected chi connectivity index (χ4v) is 4.41. The first-order chi connectivity index (χ1) is 15.0. The molecule has 31 heavy (non-hydrogen) atoms. The van der Waals surface area contributed by atoms with Gasteiger partial charge in [-0.1, -0.05) is 42.5 Å². The lowest BCUT2D eigenvalue weighted by Gasteiger charge is -2.08. The van der Waals surface area contributed by atoms with Crippen LogP contribution in [0, 0.1) is 11.3 Å². The van der Waals surface area contributed by atoms with E-state index >= 15 is 0 Å². The lowest BCUT2D eigenvalue weighted by molar-refractivity contribution is 0.0472. The van der Waals surface area contributed by atoms with Crippen LogP contribution in [-0.4, -0.2) is 20.4 Å². The first kappa shape index (κ1) is 20.8. The SMILES string of the molecule is N#Cc1ccccc1-c1ccc(COC(=O)c2ccc(S(=O)(=O)NC3CC3)cc2)cc1. The zero-order valence-electron chi connectivity index (χ0n) is 16.6. The fraction of sp³-hybridized carbons (Fsp3) is 0.167. The monoisotopic (exact) mass is 432 g/mol. The summed E-state index contributed by atoms with van der Waals surface area (Å²) in [7, 11) is -3.55. The standard InChI is InChI=1S/C24H20N2O4S/c25-15-20-3-1-2-4-23(20)18-7-5-17(6-8-18)16-30-24(27)19-9-13-22(14-10-19)31(28,29)26-21-11-12-21/h1-10,13-14,21,26H,11-12,16H2. The van der Waals surface area contributed by atoms with Gasteiger partial charge in [-0.3, -0.25) is 0 Å². The lowest BCUT2D eigenvalue weighted by atomic mass is 9.99. The van der Waals surface area contributed by atoms with E-state index in [1.807, 2.05) is 42.5 Å². The van der Waals surface area contributed by atoms with Crippen LogP contribution in [0.1, 0.15) is 34.3 Å². The molecule has 1 saturated carbocycles. The number of ether oxygens (including phenoxy) is 1. The Labute approximate surface area is 181 Å². The molecule has 1 aliphatic rings. The van der Waals surface area contributed by atoms with E-state index in [4.69, 9.17) is 4.74 Å². The minimum Gasteiger partial charge on any atom is -0.457 e. The predicted octanol–water partition coefficient (Wildman–Crippen LogP) is 4.02. The third kappa shape index (κ3) is 5.00. The summed E-state index contributed by atoms with van der Waals surface area (Å²) in [6, 6.07) is 22.7. The van der Waals surface area contributed by atoms with Crippen LogP contribution < -0.4 is 4.72 Å². The van der Waals surface area contributed by atoms with E-state index in [2.05, 4.69) is 10.8 Å². The van der Waals surface area contributed by atoms with Crippen molar-refractivity contribution in [2.24, 2.45) is 0 Å². The van der Waals surface area contributed by atoms with Gasteiger partial charge >= 0.3 is 5.97 Å². The summed E-state index contributed by atoms with van der Waals surface area (Å²) in [6.07, 6.45) is 1.71. The Balaban J connectivity index is 1.38. The molecule has 1 fully saturated rings. The van der Waals surface area contributed by atoms with Crippen molar-refractivity contribution in [3.8, 4) is 17.2 Å². The molecular formula is C24H20N2O4S. The first-order valence-electron chi connectivity index (χ1n) is 9.84. The lowest BCUT2D eigenvalue weighted by Crippen LogP contribution is -2.25. The minimum absolute atomic E-state index is 0.0226. The quantitative estimate of drug-likeness (QED) is 0.569. The van der Waals surface area contributed by atoms with E-state index in [1.165, 1.54) is 24.3 Å². The average molecular weight is 433 g/mol. The van der Waals surface area contributed by atoms with Crippen molar-refractivity contribution in [1.29, 1.82) is 5.26 Å². The first-order valence-corrected chi connectivity index (χ1v) is 11.3. The zero-order valence-corrected chi connectivity index (χ0v) is 17.4. The second-order valence-electron chi connectivity index (χ2n) is 7.35. The molecule has 0 spiro atoms. The van der Waals surface area contributed by atoms with Crippen LogP contribution in [0.3, 0.4) is 0 Å². The Morgan fingerprint density at radius 1 is 1.00 bits per heavy atom. The summed E-state index contributed by atoms with van der Waals surface area (Å²) >= 11 is 0. The third-order valence-electron chi connectivity index (χ3n) is 4.98. The summed E-state index contributed by atoms with van der Waals surface area (Å²) in [6.45, 7) is 0.0856. The molecule has 1 aliphatic carbocycles. The number of benzene rings is 3. The summed E-state index contributed by atoms with van der Waals surface area (Å²) in [4.78, 5) is 12.4. The van der Waals surface area contributed by atoms with Crippen molar-refractivity contribution >= 4 is 16.0 Å². The van der Waals surface area contributed by atoms with Crippen LogP contribution in [0.5, 0.6) is 0 Å². The highest BCUT2D eigenvalue weighted by Crippen LogP contribution is 2.24. The number of rotatable bonds is 7. The Morgan fingerprint density at radius 2 is 1.68 bits per heavy atom. The van der Waals surface area contributed by atoms with Crippen LogP contribution in [0.2, 0.25) is 0 Å². The van der Waals surface area contributed by atoms with Crippen LogP contribution in [-0.2, 0) is 21.4 Å². The Morgan fingerprint density at radius 3 is 2.32 bits per heavy atom. The Bertz CT molecular complexity index is 1240. The molecule has 3 aromatic carbocycles. The molecule has 4 rings (SSSR count). The summed E-state index contributed by atoms with van der Waals surface area (Å²) in [5.41, 5.74) is 3.44. The molecule has 0 unspecified atom stereocenters. The average Bonchev–Trinajstić information content (AvgIpc) is 3.61. The number of nitrogens with zero attached hydrogens (tertiary/aromatic N) is 1. The van der Waals surface area contributed by atoms with Gasteiger partial charge in [0.1, 0.15) is 6.61 Å². The molecule has 1 N–H and O–H groups in total. The van der Waals surface area contributed by atoms with Crippen molar-refractivity contribution in [1.82, 2.24) is 4.72 Å². The van der Waals surface area contributed by atoms with Crippen molar-refractivity contribution < 1.29 is 17.9 Å². The van der Waals surface area contributed by atoms with E-state index in [0.717, 1.165) is 29.5 Å². The molecule has 3 aromatic rings. The van der Waals surface area contributed by atoms with Gasteiger partial charge in [0.25, 0.3) is 0 Å². The maximum atomic E-state index is 12.3. The number of hydrogen-bond acceptors (Lipinski definition) is 5. The Hall–Kier alpha value is -3.47. The minimum atomic E-state index is -3.55. The van der Waals surface area contributed by atoms with Crippen molar-refractivity contribution in [2.45, 2.75) is 30.4 Å². The summed E-state index contributed by atoms with van der Waals surface area (Å²) in [5.74, 6) is -0.530. The molecular weight excluding hydrogens is 412 g/mol. The van der Waals surface area contributed by atoms with Crippen molar-refractivity contribution in [2.75, 3.05) is 0 Å². The van der Waals surface area contributed by atoms with Gasteiger partial charge in [-0.2, -0.15) is 5.26 Å². The van der Waals surface area contributed by atoms with Crippen LogP contribution >= 0.6 is 0 Å². The number of nitriles is 1. The van der Waals surface area contributed by atoms with Crippen LogP contribution in [0.25, 0.3) is 11.1 Å². The number of hydrogen-bond donors (Lipinski definition) is 1. The van der Waals surface area contributed by atoms with E-state index in [0.29, 0.717) is 5.56 Å². The molecule has 0 radical (unpaired) electrons. The number of sulfonamides is 1. The second-order valence-corrected chi connectivity index (χ2v) is 9.06. The largest absolute Gasteiger partial charge is 0.457 e. The molecule has 7 heteroatoms. The highest BCUT2D eigenvalue weighted by atomic mass is 32.2. The molecule has 0 bridgehead atoms. The highest BCUT2D eigenvalue weighted by molar-refractivity contribution is 7.89. The molecule has 0 heterocycles. The van der Waals surface area contributed by atoms with Crippen LogP contribution in [0.4, 0.5) is 0 Å². The molecule has 0 aliphatic heterocycles. The van der Waals surface area contributed by atoms with Gasteiger partial charge in [0, 0.05) is 6.04 Å². The second kappa shape index (κ2) is 8.72. The molecule has 0 amide bonds. The van der Waals surface area contributed by atoms with Crippen molar-refractivity contribution in [3.05, 3.63) is 89.5 Å². The molecule has 0 atom stereocenters. The van der Waals surface area contributed by atoms with Gasteiger partial charge in [0.2, 0.25) is 10.0 Å². The summed E-state index contributed by atoms with van der Waals surface area (Å²) < 4.78 is 32.4. The smallest absolute Gasteiger partial charge is 0.338 e. The Kier molecular flexibility index (Phi) is 5.85. The molecule has 0 aromatic heterocycles. The maximum Gasteiger partial charge on any atom is 0.338 e. The van der Waals surface area contributed by atoms with Gasteiger partial charge < -0.3 is 4.74 Å². The molecule has 6 nitrogen and oxygen atoms in total. The topological polar surface area (TPSA) is 96.3 Å². The molecule has 156 valence electrons. The van der Waals surface area contributed by atoms with Crippen molar-refractivity contribution in [3.63, 3.8) is 0 Å². The highest BCUT2D eigenvalue weighted by Gasteiger charge is 2.28. The van der Waals surface area contributed by atoms with Crippen LogP contribution in [0.15, 0.2) is 77.7 Å². The van der Waals surface area contributed by atoms with E-state index in [1.54, 1.807) is 6.07 Å². The number of nitrogens with one attached hydrogen (secondary N) is 1. The predicted molar refractivity (Wildman–Crippen MR) is 115 cm³/mol. The van der Waals surface area contributed by atoms with E-state index in [-0.39, 0.29) is 23.1 Å². The van der Waals surface area contributed by atoms with Gasteiger partial charge in [-0.05, 0) is 59.9 Å². The zero-order chi connectivity index (χ0) is 21.8. The van der Waals surface area contributed by atoms with E-state index < -0.39 is 16.0 Å². The maximum absolute atomic E-state index is 12.3. The fourth-order valence-electron chi connectivity index (χ4n) is 3.10. The molecule has 0 saturated heterocycles. The third-order valence-corrected chi connectivity index (χ3v) is 6.52. The van der Waals surface area contributed by atoms with E-state index in [9.17, 15) is 18.5 Å². The number of carbonyl (C=O) groups is 1. The van der Waals surface area contributed by atoms with Gasteiger partial charge in [-0.25, -0.2) is 17.9 Å². The normalized spacial score (nSPS) is 13.4. The van der Waals surface area contributed by atoms with Gasteiger partial charge in [0.05, 0.1) is 22.1 Å². The number of carbonyl (C=O) groups excluding carboxylic acids is 1.